The summed E-state index contributed by atoms with van der Waals surface area (Å²) in [5.41, 5.74) is 2.86. The standard InChI is InChI=1S/C17H14FN5O2S/c1-10-2-4-13-16-12(7-20-17(13)22-10)8-21-23(16)9-11-3-5-15(14(18)6-11)26(19,24)25/h2-8H,9H2,1H3,(H2,19,24,25). The van der Waals surface area contributed by atoms with E-state index in [1.54, 1.807) is 17.1 Å². The van der Waals surface area contributed by atoms with Gasteiger partial charge in [-0.1, -0.05) is 6.07 Å². The highest BCUT2D eigenvalue weighted by Crippen LogP contribution is 2.24. The molecule has 0 fully saturated rings. The first-order valence-corrected chi connectivity index (χ1v) is 9.27. The van der Waals surface area contributed by atoms with Crippen molar-refractivity contribution in [2.24, 2.45) is 5.14 Å². The highest BCUT2D eigenvalue weighted by Gasteiger charge is 2.15. The molecule has 132 valence electrons. The molecule has 0 saturated carbocycles. The minimum absolute atomic E-state index is 0.262. The van der Waals surface area contributed by atoms with Gasteiger partial charge in [0, 0.05) is 22.7 Å². The van der Waals surface area contributed by atoms with E-state index in [1.165, 1.54) is 6.07 Å². The molecule has 3 heterocycles. The van der Waals surface area contributed by atoms with Crippen LogP contribution in [-0.2, 0) is 16.6 Å². The second-order valence-corrected chi connectivity index (χ2v) is 7.53. The van der Waals surface area contributed by atoms with E-state index in [-0.39, 0.29) is 6.54 Å². The van der Waals surface area contributed by atoms with Crippen molar-refractivity contribution in [3.05, 3.63) is 59.8 Å². The fourth-order valence-electron chi connectivity index (χ4n) is 2.91. The molecule has 1 aromatic carbocycles. The zero-order chi connectivity index (χ0) is 18.5. The van der Waals surface area contributed by atoms with E-state index in [4.69, 9.17) is 5.14 Å². The third-order valence-corrected chi connectivity index (χ3v) is 5.04. The summed E-state index contributed by atoms with van der Waals surface area (Å²) in [6.07, 6.45) is 3.37. The molecule has 4 rings (SSSR count). The van der Waals surface area contributed by atoms with Crippen LogP contribution in [0.3, 0.4) is 0 Å². The lowest BCUT2D eigenvalue weighted by atomic mass is 10.2. The average molecular weight is 371 g/mol. The quantitative estimate of drug-likeness (QED) is 0.594. The molecule has 0 spiro atoms. The Kier molecular flexibility index (Phi) is 3.70. The fraction of sp³-hybridized carbons (Fsp3) is 0.118. The summed E-state index contributed by atoms with van der Waals surface area (Å²) in [5, 5.41) is 11.0. The van der Waals surface area contributed by atoms with Crippen LogP contribution in [0.2, 0.25) is 0 Å². The number of hydrogen-bond donors (Lipinski definition) is 1. The molecule has 7 nitrogen and oxygen atoms in total. The van der Waals surface area contributed by atoms with Crippen LogP contribution in [-0.4, -0.2) is 28.2 Å². The topological polar surface area (TPSA) is 104 Å². The van der Waals surface area contributed by atoms with Crippen LogP contribution in [0.5, 0.6) is 0 Å². The minimum Gasteiger partial charge on any atom is -0.260 e. The van der Waals surface area contributed by atoms with Gasteiger partial charge in [0.2, 0.25) is 10.0 Å². The predicted molar refractivity (Wildman–Crippen MR) is 94.4 cm³/mol. The molecule has 0 aliphatic heterocycles. The smallest absolute Gasteiger partial charge is 0.240 e. The Morgan fingerprint density at radius 1 is 1.19 bits per heavy atom. The second-order valence-electron chi connectivity index (χ2n) is 6.00. The lowest BCUT2D eigenvalue weighted by molar-refractivity contribution is 0.565. The zero-order valence-corrected chi connectivity index (χ0v) is 14.5. The summed E-state index contributed by atoms with van der Waals surface area (Å²) in [6.45, 7) is 2.15. The molecule has 0 atom stereocenters. The van der Waals surface area contributed by atoms with Crippen LogP contribution in [0.1, 0.15) is 11.3 Å². The number of pyridine rings is 2. The van der Waals surface area contributed by atoms with Gasteiger partial charge in [0.25, 0.3) is 0 Å². The van der Waals surface area contributed by atoms with Crippen molar-refractivity contribution < 1.29 is 12.8 Å². The monoisotopic (exact) mass is 371 g/mol. The maximum absolute atomic E-state index is 14.1. The third kappa shape index (κ3) is 2.80. The SMILES string of the molecule is Cc1ccc2c(ncc3cnn(Cc4ccc(S(N)(=O)=O)c(F)c4)c32)n1. The molecule has 0 saturated heterocycles. The number of aryl methyl sites for hydroxylation is 1. The van der Waals surface area contributed by atoms with E-state index >= 15 is 0 Å². The molecular formula is C17H14FN5O2S. The zero-order valence-electron chi connectivity index (χ0n) is 13.7. The van der Waals surface area contributed by atoms with Gasteiger partial charge in [0.15, 0.2) is 5.65 Å². The number of aromatic nitrogens is 4. The van der Waals surface area contributed by atoms with Crippen molar-refractivity contribution >= 4 is 32.0 Å². The van der Waals surface area contributed by atoms with E-state index in [1.807, 2.05) is 19.1 Å². The first-order chi connectivity index (χ1) is 12.3. The number of nitrogens with two attached hydrogens (primary N) is 1. The maximum Gasteiger partial charge on any atom is 0.240 e. The van der Waals surface area contributed by atoms with Gasteiger partial charge in [-0.2, -0.15) is 5.10 Å². The Labute approximate surface area is 148 Å². The number of halogens is 1. The maximum atomic E-state index is 14.1. The van der Waals surface area contributed by atoms with Crippen LogP contribution in [0.4, 0.5) is 4.39 Å². The normalized spacial score (nSPS) is 12.1. The molecule has 0 aliphatic rings. The molecule has 0 bridgehead atoms. The Balaban J connectivity index is 1.82. The molecule has 3 aromatic heterocycles. The molecule has 0 amide bonds. The summed E-state index contributed by atoms with van der Waals surface area (Å²) in [7, 11) is -4.09. The molecule has 0 radical (unpaired) electrons. The van der Waals surface area contributed by atoms with Crippen LogP contribution in [0, 0.1) is 12.7 Å². The lowest BCUT2D eigenvalue weighted by Crippen LogP contribution is -2.14. The number of benzene rings is 1. The summed E-state index contributed by atoms with van der Waals surface area (Å²) >= 11 is 0. The van der Waals surface area contributed by atoms with Gasteiger partial charge in [-0.15, -0.1) is 0 Å². The Morgan fingerprint density at radius 3 is 2.73 bits per heavy atom. The Morgan fingerprint density at radius 2 is 2.00 bits per heavy atom. The van der Waals surface area contributed by atoms with Gasteiger partial charge in [-0.3, -0.25) is 4.68 Å². The van der Waals surface area contributed by atoms with E-state index in [2.05, 4.69) is 15.1 Å². The van der Waals surface area contributed by atoms with Crippen molar-refractivity contribution in [3.8, 4) is 0 Å². The number of fused-ring (bicyclic) bond motifs is 3. The largest absolute Gasteiger partial charge is 0.260 e. The molecule has 0 aliphatic carbocycles. The number of nitrogens with zero attached hydrogens (tertiary/aromatic N) is 4. The van der Waals surface area contributed by atoms with Gasteiger partial charge < -0.3 is 0 Å². The summed E-state index contributed by atoms with van der Waals surface area (Å²) < 4.78 is 38.5. The van der Waals surface area contributed by atoms with Crippen LogP contribution < -0.4 is 5.14 Å². The Hall–Kier alpha value is -2.91. The minimum atomic E-state index is -4.09. The summed E-state index contributed by atoms with van der Waals surface area (Å²) in [6, 6.07) is 7.65. The van der Waals surface area contributed by atoms with Crippen molar-refractivity contribution in [2.75, 3.05) is 0 Å². The van der Waals surface area contributed by atoms with Gasteiger partial charge in [0.1, 0.15) is 10.7 Å². The summed E-state index contributed by atoms with van der Waals surface area (Å²) in [5.74, 6) is -0.884. The number of sulfonamides is 1. The van der Waals surface area contributed by atoms with Gasteiger partial charge in [-0.25, -0.2) is 27.9 Å². The first kappa shape index (κ1) is 16.6. The van der Waals surface area contributed by atoms with Crippen molar-refractivity contribution in [1.29, 1.82) is 0 Å². The number of rotatable bonds is 3. The molecule has 0 unspecified atom stereocenters. The van der Waals surface area contributed by atoms with Crippen LogP contribution in [0.15, 0.2) is 47.6 Å². The fourth-order valence-corrected chi connectivity index (χ4v) is 3.50. The molecular weight excluding hydrogens is 357 g/mol. The van der Waals surface area contributed by atoms with Crippen LogP contribution in [0.25, 0.3) is 21.9 Å². The molecule has 4 aromatic rings. The van der Waals surface area contributed by atoms with Crippen molar-refractivity contribution in [2.45, 2.75) is 18.4 Å². The highest BCUT2D eigenvalue weighted by molar-refractivity contribution is 7.89. The van der Waals surface area contributed by atoms with E-state index in [9.17, 15) is 12.8 Å². The van der Waals surface area contributed by atoms with E-state index in [0.29, 0.717) is 11.2 Å². The number of primary sulfonamides is 1. The molecule has 2 N–H and O–H groups in total. The highest BCUT2D eigenvalue weighted by atomic mass is 32.2. The Bertz CT molecular complexity index is 1270. The first-order valence-electron chi connectivity index (χ1n) is 7.72. The van der Waals surface area contributed by atoms with Crippen LogP contribution >= 0.6 is 0 Å². The second kappa shape index (κ2) is 5.82. The van der Waals surface area contributed by atoms with Gasteiger partial charge >= 0.3 is 0 Å². The van der Waals surface area contributed by atoms with Gasteiger partial charge in [0.05, 0.1) is 18.3 Å². The average Bonchev–Trinajstić information content (AvgIpc) is 2.96. The summed E-state index contributed by atoms with van der Waals surface area (Å²) in [4.78, 5) is 8.22. The predicted octanol–water partition coefficient (Wildman–Crippen LogP) is 2.12. The van der Waals surface area contributed by atoms with Gasteiger partial charge in [-0.05, 0) is 36.8 Å². The van der Waals surface area contributed by atoms with Crippen molar-refractivity contribution in [1.82, 2.24) is 19.7 Å². The molecule has 26 heavy (non-hydrogen) atoms. The molecule has 9 heteroatoms. The lowest BCUT2D eigenvalue weighted by Gasteiger charge is -2.08. The van der Waals surface area contributed by atoms with E-state index in [0.717, 1.165) is 34.1 Å². The van der Waals surface area contributed by atoms with E-state index < -0.39 is 20.7 Å². The number of hydrogen-bond acceptors (Lipinski definition) is 5. The van der Waals surface area contributed by atoms with Crippen molar-refractivity contribution in [3.63, 3.8) is 0 Å². The third-order valence-electron chi connectivity index (χ3n) is 4.10.